The molecule has 0 aliphatic carbocycles. The molecule has 1 fully saturated rings. The molecule has 20 heavy (non-hydrogen) atoms. The second-order valence-electron chi connectivity index (χ2n) is 4.90. The van der Waals surface area contributed by atoms with E-state index in [-0.39, 0.29) is 11.9 Å². The molecule has 1 unspecified atom stereocenters. The summed E-state index contributed by atoms with van der Waals surface area (Å²) in [5, 5.41) is 11.6. The summed E-state index contributed by atoms with van der Waals surface area (Å²) in [6, 6.07) is 4.18. The normalized spacial score (nSPS) is 19.1. The lowest BCUT2D eigenvalue weighted by Gasteiger charge is -2.22. The predicted octanol–water partition coefficient (Wildman–Crippen LogP) is 1.63. The molecule has 1 atom stereocenters. The molecular weight excluding hydrogens is 261 g/mol. The smallest absolute Gasteiger partial charge is 0.184 e. The van der Waals surface area contributed by atoms with E-state index in [1.165, 1.54) is 18.2 Å². The van der Waals surface area contributed by atoms with Crippen LogP contribution >= 0.6 is 0 Å². The second-order valence-corrected chi connectivity index (χ2v) is 4.90. The second kappa shape index (κ2) is 5.54. The highest BCUT2D eigenvalue weighted by molar-refractivity contribution is 5.71. The molecule has 1 aromatic heterocycles. The van der Waals surface area contributed by atoms with Gasteiger partial charge < -0.3 is 10.5 Å². The SMILES string of the molecule is Nc1ccc(F)cc1-c1nnnn1CC1CCCCO1. The van der Waals surface area contributed by atoms with Gasteiger partial charge in [0, 0.05) is 17.9 Å². The average molecular weight is 277 g/mol. The number of anilines is 1. The lowest BCUT2D eigenvalue weighted by atomic mass is 10.1. The molecule has 1 aliphatic rings. The van der Waals surface area contributed by atoms with Crippen LogP contribution in [0.15, 0.2) is 18.2 Å². The lowest BCUT2D eigenvalue weighted by Crippen LogP contribution is -2.25. The number of hydrogen-bond acceptors (Lipinski definition) is 5. The Morgan fingerprint density at radius 1 is 1.40 bits per heavy atom. The van der Waals surface area contributed by atoms with E-state index in [0.29, 0.717) is 23.6 Å². The molecule has 0 amide bonds. The lowest BCUT2D eigenvalue weighted by molar-refractivity contribution is 0.00397. The van der Waals surface area contributed by atoms with Crippen molar-refractivity contribution < 1.29 is 9.13 Å². The van der Waals surface area contributed by atoms with Crippen LogP contribution in [0.2, 0.25) is 0 Å². The minimum Gasteiger partial charge on any atom is -0.398 e. The highest BCUT2D eigenvalue weighted by Gasteiger charge is 2.19. The molecule has 1 aliphatic heterocycles. The summed E-state index contributed by atoms with van der Waals surface area (Å²) >= 11 is 0. The van der Waals surface area contributed by atoms with Crippen molar-refractivity contribution in [3.63, 3.8) is 0 Å². The van der Waals surface area contributed by atoms with Crippen molar-refractivity contribution >= 4 is 5.69 Å². The van der Waals surface area contributed by atoms with Crippen LogP contribution in [-0.4, -0.2) is 32.9 Å². The third kappa shape index (κ3) is 2.62. The Bertz CT molecular complexity index is 594. The monoisotopic (exact) mass is 277 g/mol. The standard InChI is InChI=1S/C13H16FN5O/c14-9-4-5-12(15)11(7-9)13-16-17-18-19(13)8-10-3-1-2-6-20-10/h4-5,7,10H,1-3,6,8,15H2. The third-order valence-electron chi connectivity index (χ3n) is 3.44. The van der Waals surface area contributed by atoms with Crippen LogP contribution in [0.5, 0.6) is 0 Å². The number of benzene rings is 1. The Balaban J connectivity index is 1.87. The molecule has 1 aromatic carbocycles. The molecule has 2 aromatic rings. The van der Waals surface area contributed by atoms with Crippen molar-refractivity contribution in [1.29, 1.82) is 0 Å². The number of rotatable bonds is 3. The van der Waals surface area contributed by atoms with Gasteiger partial charge in [-0.15, -0.1) is 5.10 Å². The summed E-state index contributed by atoms with van der Waals surface area (Å²) in [4.78, 5) is 0. The molecule has 2 N–H and O–H groups in total. The maximum atomic E-state index is 13.4. The Morgan fingerprint density at radius 2 is 2.30 bits per heavy atom. The number of nitrogens with zero attached hydrogens (tertiary/aromatic N) is 4. The zero-order chi connectivity index (χ0) is 13.9. The van der Waals surface area contributed by atoms with Gasteiger partial charge in [-0.2, -0.15) is 0 Å². The van der Waals surface area contributed by atoms with Crippen LogP contribution in [0, 0.1) is 5.82 Å². The fourth-order valence-electron chi connectivity index (χ4n) is 2.39. The number of aromatic nitrogens is 4. The number of nitrogens with two attached hydrogens (primary N) is 1. The highest BCUT2D eigenvalue weighted by atomic mass is 19.1. The van der Waals surface area contributed by atoms with Crippen LogP contribution in [0.25, 0.3) is 11.4 Å². The third-order valence-corrected chi connectivity index (χ3v) is 3.44. The first-order valence-corrected chi connectivity index (χ1v) is 6.67. The Hall–Kier alpha value is -2.02. The zero-order valence-corrected chi connectivity index (χ0v) is 11.0. The zero-order valence-electron chi connectivity index (χ0n) is 11.0. The van der Waals surface area contributed by atoms with Gasteiger partial charge >= 0.3 is 0 Å². The molecule has 0 spiro atoms. The summed E-state index contributed by atoms with van der Waals surface area (Å²) in [6.07, 6.45) is 3.32. The first kappa shape index (κ1) is 13.0. The van der Waals surface area contributed by atoms with Crippen molar-refractivity contribution in [2.45, 2.75) is 31.9 Å². The van der Waals surface area contributed by atoms with E-state index in [1.807, 2.05) is 0 Å². The van der Waals surface area contributed by atoms with Gasteiger partial charge in [0.2, 0.25) is 0 Å². The number of nitrogen functional groups attached to an aromatic ring is 1. The van der Waals surface area contributed by atoms with Gasteiger partial charge in [0.25, 0.3) is 0 Å². The molecule has 106 valence electrons. The molecule has 0 saturated carbocycles. The minimum atomic E-state index is -0.363. The average Bonchev–Trinajstić information content (AvgIpc) is 2.91. The van der Waals surface area contributed by atoms with E-state index in [2.05, 4.69) is 15.5 Å². The van der Waals surface area contributed by atoms with Crippen LogP contribution in [-0.2, 0) is 11.3 Å². The van der Waals surface area contributed by atoms with Gasteiger partial charge in [-0.3, -0.25) is 0 Å². The van der Waals surface area contributed by atoms with Gasteiger partial charge in [0.05, 0.1) is 12.6 Å². The van der Waals surface area contributed by atoms with Crippen LogP contribution < -0.4 is 5.73 Å². The van der Waals surface area contributed by atoms with Gasteiger partial charge in [-0.05, 0) is 47.9 Å². The topological polar surface area (TPSA) is 78.9 Å². The highest BCUT2D eigenvalue weighted by Crippen LogP contribution is 2.25. The van der Waals surface area contributed by atoms with Gasteiger partial charge in [0.1, 0.15) is 5.82 Å². The van der Waals surface area contributed by atoms with E-state index in [1.54, 1.807) is 4.68 Å². The predicted molar refractivity (Wildman–Crippen MR) is 71.2 cm³/mol. The van der Waals surface area contributed by atoms with E-state index < -0.39 is 0 Å². The molecule has 6 nitrogen and oxygen atoms in total. The molecule has 7 heteroatoms. The Kier molecular flexibility index (Phi) is 3.60. The summed E-state index contributed by atoms with van der Waals surface area (Å²) in [5.41, 5.74) is 6.83. The minimum absolute atomic E-state index is 0.0979. The molecule has 0 radical (unpaired) electrons. The van der Waals surface area contributed by atoms with Crippen LogP contribution in [0.1, 0.15) is 19.3 Å². The van der Waals surface area contributed by atoms with E-state index in [4.69, 9.17) is 10.5 Å². The summed E-state index contributed by atoms with van der Waals surface area (Å²) in [7, 11) is 0. The molecule has 0 bridgehead atoms. The van der Waals surface area contributed by atoms with Crippen LogP contribution in [0.4, 0.5) is 10.1 Å². The van der Waals surface area contributed by atoms with Gasteiger partial charge in [-0.25, -0.2) is 9.07 Å². The van der Waals surface area contributed by atoms with Crippen molar-refractivity contribution in [2.24, 2.45) is 0 Å². The number of tetrazole rings is 1. The van der Waals surface area contributed by atoms with Crippen molar-refractivity contribution in [2.75, 3.05) is 12.3 Å². The maximum absolute atomic E-state index is 13.4. The number of ether oxygens (including phenoxy) is 1. The fraction of sp³-hybridized carbons (Fsp3) is 0.462. The Labute approximate surface area is 115 Å². The van der Waals surface area contributed by atoms with E-state index in [9.17, 15) is 4.39 Å². The van der Waals surface area contributed by atoms with Crippen molar-refractivity contribution in [1.82, 2.24) is 20.2 Å². The van der Waals surface area contributed by atoms with Crippen molar-refractivity contribution in [3.8, 4) is 11.4 Å². The summed E-state index contributed by atoms with van der Waals surface area (Å²) < 4.78 is 20.7. The first-order valence-electron chi connectivity index (χ1n) is 6.67. The summed E-state index contributed by atoms with van der Waals surface area (Å²) in [5.74, 6) is 0.105. The summed E-state index contributed by atoms with van der Waals surface area (Å²) in [6.45, 7) is 1.32. The van der Waals surface area contributed by atoms with Crippen LogP contribution in [0.3, 0.4) is 0 Å². The maximum Gasteiger partial charge on any atom is 0.184 e. The quantitative estimate of drug-likeness (QED) is 0.863. The van der Waals surface area contributed by atoms with E-state index in [0.717, 1.165) is 25.9 Å². The molecule has 2 heterocycles. The van der Waals surface area contributed by atoms with E-state index >= 15 is 0 Å². The number of halogens is 1. The number of hydrogen-bond donors (Lipinski definition) is 1. The largest absolute Gasteiger partial charge is 0.398 e. The fourth-order valence-corrected chi connectivity index (χ4v) is 2.39. The Morgan fingerprint density at radius 3 is 3.10 bits per heavy atom. The van der Waals surface area contributed by atoms with Crippen molar-refractivity contribution in [3.05, 3.63) is 24.0 Å². The molecule has 1 saturated heterocycles. The molecular formula is C13H16FN5O. The van der Waals surface area contributed by atoms with Gasteiger partial charge in [-0.1, -0.05) is 0 Å². The van der Waals surface area contributed by atoms with Gasteiger partial charge in [0.15, 0.2) is 5.82 Å². The first-order chi connectivity index (χ1) is 9.74. The molecule has 3 rings (SSSR count).